The van der Waals surface area contributed by atoms with E-state index >= 15 is 0 Å². The van der Waals surface area contributed by atoms with E-state index in [4.69, 9.17) is 23.2 Å². The molecule has 0 heterocycles. The van der Waals surface area contributed by atoms with E-state index in [0.29, 0.717) is 33.4 Å². The highest BCUT2D eigenvalue weighted by Gasteiger charge is 2.10. The first-order valence-electron chi connectivity index (χ1n) is 8.21. The van der Waals surface area contributed by atoms with Crippen LogP contribution in [0.25, 0.3) is 0 Å². The molecule has 0 aliphatic carbocycles. The highest BCUT2D eigenvalue weighted by Crippen LogP contribution is 2.25. The fourth-order valence-electron chi connectivity index (χ4n) is 2.43. The highest BCUT2D eigenvalue weighted by atomic mass is 35.5. The number of halogens is 2. The molecule has 0 radical (unpaired) electrons. The highest BCUT2D eigenvalue weighted by molar-refractivity contribution is 6.42. The van der Waals surface area contributed by atoms with E-state index in [1.165, 1.54) is 0 Å². The average Bonchev–Trinajstić information content (AvgIpc) is 2.70. The van der Waals surface area contributed by atoms with Gasteiger partial charge in [0.1, 0.15) is 0 Å². The van der Waals surface area contributed by atoms with Gasteiger partial charge < -0.3 is 10.6 Å². The van der Waals surface area contributed by atoms with Crippen molar-refractivity contribution >= 4 is 40.7 Å². The fraction of sp³-hybridized carbons (Fsp3) is 0.0476. The Morgan fingerprint density at radius 1 is 0.741 bits per heavy atom. The second-order valence-electron chi connectivity index (χ2n) is 5.83. The lowest BCUT2D eigenvalue weighted by Crippen LogP contribution is -2.22. The lowest BCUT2D eigenvalue weighted by atomic mass is 10.1. The first kappa shape index (κ1) is 19.0. The minimum Gasteiger partial charge on any atom is -0.348 e. The lowest BCUT2D eigenvalue weighted by molar-refractivity contribution is 0.0949. The third-order valence-corrected chi connectivity index (χ3v) is 4.62. The Labute approximate surface area is 167 Å². The number of carbonyl (C=O) groups is 2. The zero-order valence-corrected chi connectivity index (χ0v) is 15.7. The summed E-state index contributed by atoms with van der Waals surface area (Å²) < 4.78 is 0. The molecule has 3 aromatic rings. The smallest absolute Gasteiger partial charge is 0.255 e. The number of amides is 2. The quantitative estimate of drug-likeness (QED) is 0.622. The average molecular weight is 399 g/mol. The van der Waals surface area contributed by atoms with Gasteiger partial charge in [0, 0.05) is 23.4 Å². The van der Waals surface area contributed by atoms with Crippen LogP contribution < -0.4 is 10.6 Å². The van der Waals surface area contributed by atoms with Crippen LogP contribution in [0.15, 0.2) is 72.8 Å². The minimum atomic E-state index is -0.301. The Morgan fingerprint density at radius 3 is 2.00 bits per heavy atom. The molecule has 0 saturated heterocycles. The molecule has 4 nitrogen and oxygen atoms in total. The van der Waals surface area contributed by atoms with Gasteiger partial charge in [-0.1, -0.05) is 53.5 Å². The van der Waals surface area contributed by atoms with Gasteiger partial charge in [0.15, 0.2) is 0 Å². The van der Waals surface area contributed by atoms with Crippen LogP contribution in [0.5, 0.6) is 0 Å². The van der Waals surface area contributed by atoms with Crippen LogP contribution in [0.1, 0.15) is 26.3 Å². The molecular formula is C21H16Cl2N2O2. The van der Waals surface area contributed by atoms with Crippen LogP contribution in [0.4, 0.5) is 5.69 Å². The van der Waals surface area contributed by atoms with Crippen LogP contribution in [-0.2, 0) is 6.54 Å². The zero-order valence-electron chi connectivity index (χ0n) is 14.2. The van der Waals surface area contributed by atoms with Crippen LogP contribution >= 0.6 is 23.2 Å². The van der Waals surface area contributed by atoms with Gasteiger partial charge in [-0.3, -0.25) is 9.59 Å². The monoisotopic (exact) mass is 398 g/mol. The van der Waals surface area contributed by atoms with E-state index in [-0.39, 0.29) is 11.8 Å². The van der Waals surface area contributed by atoms with E-state index in [1.54, 1.807) is 42.5 Å². The summed E-state index contributed by atoms with van der Waals surface area (Å²) in [6.07, 6.45) is 0. The molecule has 27 heavy (non-hydrogen) atoms. The molecule has 0 aliphatic rings. The molecule has 3 rings (SSSR count). The van der Waals surface area contributed by atoms with Crippen LogP contribution in [0.2, 0.25) is 10.0 Å². The predicted molar refractivity (Wildman–Crippen MR) is 108 cm³/mol. The second kappa shape index (κ2) is 8.71. The van der Waals surface area contributed by atoms with Gasteiger partial charge in [-0.05, 0) is 48.0 Å². The van der Waals surface area contributed by atoms with Crippen molar-refractivity contribution in [1.82, 2.24) is 5.32 Å². The van der Waals surface area contributed by atoms with Crippen molar-refractivity contribution in [2.45, 2.75) is 6.54 Å². The molecule has 6 heteroatoms. The first-order valence-corrected chi connectivity index (χ1v) is 8.97. The van der Waals surface area contributed by atoms with Gasteiger partial charge >= 0.3 is 0 Å². The standard InChI is InChI=1S/C21H16Cl2N2O2/c22-18-11-10-17(12-19(18)23)25-21(27)16-8-6-15(7-9-16)20(26)24-13-14-4-2-1-3-5-14/h1-12H,13H2,(H,24,26)(H,25,27). The third kappa shape index (κ3) is 5.09. The van der Waals surface area contributed by atoms with Gasteiger partial charge in [0.05, 0.1) is 10.0 Å². The maximum absolute atomic E-state index is 12.3. The topological polar surface area (TPSA) is 58.2 Å². The number of anilines is 1. The van der Waals surface area contributed by atoms with E-state index in [2.05, 4.69) is 10.6 Å². The molecule has 0 bridgehead atoms. The van der Waals surface area contributed by atoms with Crippen LogP contribution in [0.3, 0.4) is 0 Å². The van der Waals surface area contributed by atoms with Gasteiger partial charge in [0.25, 0.3) is 11.8 Å². The van der Waals surface area contributed by atoms with Crippen molar-refractivity contribution in [3.8, 4) is 0 Å². The minimum absolute atomic E-state index is 0.199. The summed E-state index contributed by atoms with van der Waals surface area (Å²) in [6.45, 7) is 0.444. The SMILES string of the molecule is O=C(NCc1ccccc1)c1ccc(C(=O)Nc2ccc(Cl)c(Cl)c2)cc1. The molecule has 0 atom stereocenters. The van der Waals surface area contributed by atoms with Crippen LogP contribution in [-0.4, -0.2) is 11.8 Å². The number of carbonyl (C=O) groups excluding carboxylic acids is 2. The Bertz CT molecular complexity index is 958. The molecule has 0 unspecified atom stereocenters. The Balaban J connectivity index is 1.61. The Kier molecular flexibility index (Phi) is 6.12. The number of nitrogens with one attached hydrogen (secondary N) is 2. The number of hydrogen-bond acceptors (Lipinski definition) is 2. The van der Waals surface area contributed by atoms with Crippen molar-refractivity contribution in [1.29, 1.82) is 0 Å². The van der Waals surface area contributed by atoms with E-state index < -0.39 is 0 Å². The third-order valence-electron chi connectivity index (χ3n) is 3.88. The van der Waals surface area contributed by atoms with Gasteiger partial charge in [-0.2, -0.15) is 0 Å². The fourth-order valence-corrected chi connectivity index (χ4v) is 2.73. The van der Waals surface area contributed by atoms with E-state index in [9.17, 15) is 9.59 Å². The van der Waals surface area contributed by atoms with Crippen molar-refractivity contribution < 1.29 is 9.59 Å². The summed E-state index contributed by atoms with van der Waals surface area (Å²) in [6, 6.07) is 20.9. The molecule has 2 amide bonds. The summed E-state index contributed by atoms with van der Waals surface area (Å²) >= 11 is 11.8. The molecule has 0 saturated carbocycles. The zero-order chi connectivity index (χ0) is 19.2. The summed E-state index contributed by atoms with van der Waals surface area (Å²) in [7, 11) is 0. The first-order chi connectivity index (χ1) is 13.0. The van der Waals surface area contributed by atoms with Crippen molar-refractivity contribution in [2.75, 3.05) is 5.32 Å². The van der Waals surface area contributed by atoms with Gasteiger partial charge in [0.2, 0.25) is 0 Å². The maximum Gasteiger partial charge on any atom is 0.255 e. The Morgan fingerprint density at radius 2 is 1.37 bits per heavy atom. The van der Waals surface area contributed by atoms with Crippen LogP contribution in [0, 0.1) is 0 Å². The molecular weight excluding hydrogens is 383 g/mol. The summed E-state index contributed by atoms with van der Waals surface area (Å²) in [4.78, 5) is 24.5. The summed E-state index contributed by atoms with van der Waals surface area (Å²) in [5.41, 5.74) is 2.47. The number of hydrogen-bond donors (Lipinski definition) is 2. The number of rotatable bonds is 5. The molecule has 136 valence electrons. The molecule has 0 aliphatic heterocycles. The van der Waals surface area contributed by atoms with Gasteiger partial charge in [-0.25, -0.2) is 0 Å². The summed E-state index contributed by atoms with van der Waals surface area (Å²) in [5, 5.41) is 6.37. The summed E-state index contributed by atoms with van der Waals surface area (Å²) in [5.74, 6) is -0.500. The normalized spacial score (nSPS) is 10.3. The van der Waals surface area contributed by atoms with Crippen molar-refractivity contribution in [3.05, 3.63) is 99.5 Å². The van der Waals surface area contributed by atoms with E-state index in [0.717, 1.165) is 5.56 Å². The predicted octanol–water partition coefficient (Wildman–Crippen LogP) is 5.18. The molecule has 0 aromatic heterocycles. The lowest BCUT2D eigenvalue weighted by Gasteiger charge is -2.08. The number of benzene rings is 3. The second-order valence-corrected chi connectivity index (χ2v) is 6.64. The molecule has 2 N–H and O–H groups in total. The molecule has 3 aromatic carbocycles. The Hall–Kier alpha value is -2.82. The molecule has 0 spiro atoms. The van der Waals surface area contributed by atoms with Crippen molar-refractivity contribution in [2.24, 2.45) is 0 Å². The largest absolute Gasteiger partial charge is 0.348 e. The van der Waals surface area contributed by atoms with E-state index in [1.807, 2.05) is 30.3 Å². The maximum atomic E-state index is 12.3. The van der Waals surface area contributed by atoms with Crippen molar-refractivity contribution in [3.63, 3.8) is 0 Å². The van der Waals surface area contributed by atoms with Gasteiger partial charge in [-0.15, -0.1) is 0 Å². The molecule has 0 fully saturated rings.